The molecule has 1 amide bonds. The summed E-state index contributed by atoms with van der Waals surface area (Å²) in [6.07, 6.45) is 8.83. The lowest BCUT2D eigenvalue weighted by Gasteiger charge is -2.17. The molecule has 1 aromatic rings. The van der Waals surface area contributed by atoms with Gasteiger partial charge in [-0.3, -0.25) is 4.79 Å². The van der Waals surface area contributed by atoms with E-state index in [0.717, 1.165) is 24.2 Å². The molecule has 1 unspecified atom stereocenters. The summed E-state index contributed by atoms with van der Waals surface area (Å²) in [4.78, 5) is 14.0. The highest BCUT2D eigenvalue weighted by Gasteiger charge is 2.33. The molecule has 0 bridgehead atoms. The Morgan fingerprint density at radius 1 is 1.05 bits per heavy atom. The molecule has 20 heavy (non-hydrogen) atoms. The molecule has 0 spiro atoms. The maximum atomic E-state index is 12.2. The molecule has 1 aliphatic heterocycles. The first kappa shape index (κ1) is 15.0. The molecule has 0 aromatic heterocycles. The SMILES string of the molecule is CCCCCCCCCN1C(=O)C(N)c2ccccc21. The van der Waals surface area contributed by atoms with Crippen molar-refractivity contribution in [2.45, 2.75) is 57.9 Å². The summed E-state index contributed by atoms with van der Waals surface area (Å²) in [6, 6.07) is 7.42. The monoisotopic (exact) mass is 274 g/mol. The number of benzene rings is 1. The molecule has 2 rings (SSSR count). The van der Waals surface area contributed by atoms with Crippen molar-refractivity contribution in [3.8, 4) is 0 Å². The fourth-order valence-corrected chi connectivity index (χ4v) is 2.87. The van der Waals surface area contributed by atoms with Crippen molar-refractivity contribution in [1.29, 1.82) is 0 Å². The average molecular weight is 274 g/mol. The number of unbranched alkanes of at least 4 members (excludes halogenated alkanes) is 6. The third-order valence-electron chi connectivity index (χ3n) is 4.08. The summed E-state index contributed by atoms with van der Waals surface area (Å²) in [5.41, 5.74) is 7.96. The van der Waals surface area contributed by atoms with E-state index in [1.807, 2.05) is 29.2 Å². The molecule has 2 N–H and O–H groups in total. The zero-order valence-corrected chi connectivity index (χ0v) is 12.5. The molecule has 0 aliphatic carbocycles. The fraction of sp³-hybridized carbons (Fsp3) is 0.588. The van der Waals surface area contributed by atoms with E-state index in [4.69, 9.17) is 5.73 Å². The molecule has 0 fully saturated rings. The zero-order valence-electron chi connectivity index (χ0n) is 12.5. The van der Waals surface area contributed by atoms with Gasteiger partial charge in [-0.1, -0.05) is 63.6 Å². The van der Waals surface area contributed by atoms with Crippen LogP contribution >= 0.6 is 0 Å². The first-order valence-electron chi connectivity index (χ1n) is 7.91. The molecular formula is C17H26N2O. The third-order valence-corrected chi connectivity index (χ3v) is 4.08. The number of carbonyl (C=O) groups excluding carboxylic acids is 1. The quantitative estimate of drug-likeness (QED) is 0.733. The van der Waals surface area contributed by atoms with Crippen LogP contribution in [0, 0.1) is 0 Å². The van der Waals surface area contributed by atoms with Crippen LogP contribution in [-0.4, -0.2) is 12.5 Å². The summed E-state index contributed by atoms with van der Waals surface area (Å²) in [6.45, 7) is 3.04. The van der Waals surface area contributed by atoms with E-state index in [9.17, 15) is 4.79 Å². The van der Waals surface area contributed by atoms with Crippen LogP contribution in [0.15, 0.2) is 24.3 Å². The largest absolute Gasteiger partial charge is 0.316 e. The van der Waals surface area contributed by atoms with Crippen molar-refractivity contribution in [2.24, 2.45) is 5.73 Å². The van der Waals surface area contributed by atoms with Crippen molar-refractivity contribution in [1.82, 2.24) is 0 Å². The number of anilines is 1. The fourth-order valence-electron chi connectivity index (χ4n) is 2.87. The van der Waals surface area contributed by atoms with Crippen LogP contribution in [0.2, 0.25) is 0 Å². The molecular weight excluding hydrogens is 248 g/mol. The van der Waals surface area contributed by atoms with Gasteiger partial charge in [-0.25, -0.2) is 0 Å². The summed E-state index contributed by atoms with van der Waals surface area (Å²) >= 11 is 0. The van der Waals surface area contributed by atoms with Gasteiger partial charge in [0, 0.05) is 17.8 Å². The first-order chi connectivity index (χ1) is 9.75. The Bertz CT molecular complexity index is 444. The van der Waals surface area contributed by atoms with Crippen LogP contribution in [0.5, 0.6) is 0 Å². The Labute approximate surface area is 122 Å². The zero-order chi connectivity index (χ0) is 14.4. The lowest BCUT2D eigenvalue weighted by molar-refractivity contribution is -0.119. The van der Waals surface area contributed by atoms with Crippen LogP contribution in [0.25, 0.3) is 0 Å². The number of hydrogen-bond acceptors (Lipinski definition) is 2. The van der Waals surface area contributed by atoms with E-state index in [1.54, 1.807) is 0 Å². The van der Waals surface area contributed by atoms with Crippen molar-refractivity contribution in [2.75, 3.05) is 11.4 Å². The number of carbonyl (C=O) groups is 1. The van der Waals surface area contributed by atoms with E-state index in [0.29, 0.717) is 0 Å². The molecule has 3 nitrogen and oxygen atoms in total. The van der Waals surface area contributed by atoms with E-state index in [-0.39, 0.29) is 5.91 Å². The van der Waals surface area contributed by atoms with Crippen molar-refractivity contribution >= 4 is 11.6 Å². The van der Waals surface area contributed by atoms with Crippen LogP contribution < -0.4 is 10.6 Å². The van der Waals surface area contributed by atoms with E-state index < -0.39 is 6.04 Å². The van der Waals surface area contributed by atoms with Gasteiger partial charge >= 0.3 is 0 Å². The van der Waals surface area contributed by atoms with Crippen LogP contribution in [-0.2, 0) is 4.79 Å². The van der Waals surface area contributed by atoms with Gasteiger partial charge in [-0.2, -0.15) is 0 Å². The predicted molar refractivity (Wildman–Crippen MR) is 83.7 cm³/mol. The Balaban J connectivity index is 1.77. The summed E-state index contributed by atoms with van der Waals surface area (Å²) in [7, 11) is 0. The minimum Gasteiger partial charge on any atom is -0.316 e. The van der Waals surface area contributed by atoms with E-state index in [2.05, 4.69) is 6.92 Å². The second kappa shape index (κ2) is 7.44. The normalized spacial score (nSPS) is 17.6. The molecule has 0 radical (unpaired) electrons. The van der Waals surface area contributed by atoms with Gasteiger partial charge in [0.05, 0.1) is 0 Å². The predicted octanol–water partition coefficient (Wildman–Crippen LogP) is 3.78. The highest BCUT2D eigenvalue weighted by molar-refractivity contribution is 6.04. The maximum absolute atomic E-state index is 12.2. The second-order valence-electron chi connectivity index (χ2n) is 5.65. The van der Waals surface area contributed by atoms with Gasteiger partial charge in [-0.05, 0) is 12.5 Å². The minimum absolute atomic E-state index is 0.0529. The summed E-state index contributed by atoms with van der Waals surface area (Å²) in [5.74, 6) is 0.0529. The highest BCUT2D eigenvalue weighted by Crippen LogP contribution is 2.34. The maximum Gasteiger partial charge on any atom is 0.248 e. The van der Waals surface area contributed by atoms with Crippen molar-refractivity contribution < 1.29 is 4.79 Å². The van der Waals surface area contributed by atoms with Gasteiger partial charge in [0.1, 0.15) is 6.04 Å². The number of nitrogens with two attached hydrogens (primary N) is 1. The molecule has 1 aliphatic rings. The highest BCUT2D eigenvalue weighted by atomic mass is 16.2. The van der Waals surface area contributed by atoms with Gasteiger partial charge < -0.3 is 10.6 Å². The summed E-state index contributed by atoms with van der Waals surface area (Å²) < 4.78 is 0. The second-order valence-corrected chi connectivity index (χ2v) is 5.65. The standard InChI is InChI=1S/C17H26N2O/c1-2-3-4-5-6-7-10-13-19-15-12-9-8-11-14(15)16(18)17(19)20/h8-9,11-12,16H,2-7,10,13,18H2,1H3. The van der Waals surface area contributed by atoms with Gasteiger partial charge in [0.25, 0.3) is 0 Å². The number of fused-ring (bicyclic) bond motifs is 1. The van der Waals surface area contributed by atoms with Crippen LogP contribution in [0.4, 0.5) is 5.69 Å². The lowest BCUT2D eigenvalue weighted by Crippen LogP contribution is -2.32. The van der Waals surface area contributed by atoms with E-state index in [1.165, 1.54) is 38.5 Å². The van der Waals surface area contributed by atoms with Gasteiger partial charge in [-0.15, -0.1) is 0 Å². The Morgan fingerprint density at radius 2 is 1.70 bits per heavy atom. The molecule has 3 heteroatoms. The third kappa shape index (κ3) is 3.40. The molecule has 0 saturated heterocycles. The average Bonchev–Trinajstić information content (AvgIpc) is 2.71. The van der Waals surface area contributed by atoms with Crippen LogP contribution in [0.1, 0.15) is 63.5 Å². The van der Waals surface area contributed by atoms with E-state index >= 15 is 0 Å². The molecule has 0 saturated carbocycles. The number of nitrogens with zero attached hydrogens (tertiary/aromatic N) is 1. The number of hydrogen-bond donors (Lipinski definition) is 1. The Kier molecular flexibility index (Phi) is 5.60. The number of amides is 1. The Hall–Kier alpha value is -1.35. The van der Waals surface area contributed by atoms with Gasteiger partial charge in [0.15, 0.2) is 0 Å². The smallest absolute Gasteiger partial charge is 0.248 e. The van der Waals surface area contributed by atoms with Gasteiger partial charge in [0.2, 0.25) is 5.91 Å². The first-order valence-corrected chi connectivity index (χ1v) is 7.91. The molecule has 1 heterocycles. The lowest BCUT2D eigenvalue weighted by atomic mass is 10.1. The minimum atomic E-state index is -0.462. The van der Waals surface area contributed by atoms with Crippen molar-refractivity contribution in [3.05, 3.63) is 29.8 Å². The summed E-state index contributed by atoms with van der Waals surface area (Å²) in [5, 5.41) is 0. The molecule has 1 atom stereocenters. The topological polar surface area (TPSA) is 46.3 Å². The molecule has 110 valence electrons. The Morgan fingerprint density at radius 3 is 2.45 bits per heavy atom. The molecule has 1 aromatic carbocycles. The van der Waals surface area contributed by atoms with Crippen molar-refractivity contribution in [3.63, 3.8) is 0 Å². The number of rotatable bonds is 8. The van der Waals surface area contributed by atoms with Crippen LogP contribution in [0.3, 0.4) is 0 Å². The number of para-hydroxylation sites is 1.